The highest BCUT2D eigenvalue weighted by Gasteiger charge is 2.46. The summed E-state index contributed by atoms with van der Waals surface area (Å²) in [6.45, 7) is 1.13. The van der Waals surface area contributed by atoms with E-state index in [-0.39, 0.29) is 23.3 Å². The van der Waals surface area contributed by atoms with Gasteiger partial charge in [-0.05, 0) is 0 Å². The molecule has 5 N–H and O–H groups in total. The Bertz CT molecular complexity index is 1320. The van der Waals surface area contributed by atoms with Gasteiger partial charge in [0.1, 0.15) is 30.2 Å². The van der Waals surface area contributed by atoms with Crippen LogP contribution in [0.1, 0.15) is 27.0 Å². The predicted octanol–water partition coefficient (Wildman–Crippen LogP) is -1.84. The summed E-state index contributed by atoms with van der Waals surface area (Å²) in [6.07, 6.45) is -8.45. The molecule has 0 radical (unpaired) electrons. The number of nitrogen functional groups attached to an aromatic ring is 1. The van der Waals surface area contributed by atoms with Gasteiger partial charge in [0, 0.05) is 20.8 Å². The molecule has 0 saturated carbocycles. The molecule has 3 heterocycles. The molecule has 2 aromatic heterocycles. The standard InChI is InChI=1S/C21H28N5O14P/c1-9(28)37-12(4-27)18(39-11(3)30)14(38-10(2)29)6-36-41(33,34)35-5-13-16(31)17(32)21(40-13)26-8-25-15-19(22)23-7-24-20(15)26/h4,7-8,12-14,16-18,21,31-32H,5-6H2,1-3H3,(H,33,34)(H2,22,23,24)/t12-,13+,14+,16+,17+,18-,21+/m0/s1. The number of aliphatic hydroxyl groups is 2. The summed E-state index contributed by atoms with van der Waals surface area (Å²) in [5.74, 6) is -2.79. The molecular formula is C21H28N5O14P. The van der Waals surface area contributed by atoms with Crippen molar-refractivity contribution in [1.82, 2.24) is 19.5 Å². The SMILES string of the molecule is CC(=O)O[C@@H]([C@H](C=O)OC(C)=O)[C@@H](COP(=O)(O)OC[C@H]1O[C@@H](n2cnc3c(N)ncnc32)[C@H](O)[C@@H]1O)OC(C)=O. The van der Waals surface area contributed by atoms with E-state index in [0.29, 0.717) is 0 Å². The minimum atomic E-state index is -5.01. The van der Waals surface area contributed by atoms with Crippen molar-refractivity contribution in [3.63, 3.8) is 0 Å². The zero-order valence-corrected chi connectivity index (χ0v) is 22.7. The summed E-state index contributed by atoms with van der Waals surface area (Å²) in [5.41, 5.74) is 6.15. The molecule has 8 atom stereocenters. The zero-order chi connectivity index (χ0) is 30.5. The van der Waals surface area contributed by atoms with Crippen molar-refractivity contribution in [1.29, 1.82) is 0 Å². The second kappa shape index (κ2) is 13.4. The predicted molar refractivity (Wildman–Crippen MR) is 130 cm³/mol. The fourth-order valence-corrected chi connectivity index (χ4v) is 4.59. The number of nitrogens with zero attached hydrogens (tertiary/aromatic N) is 4. The number of rotatable bonds is 13. The molecule has 0 bridgehead atoms. The van der Waals surface area contributed by atoms with E-state index >= 15 is 0 Å². The Labute approximate surface area is 231 Å². The Morgan fingerprint density at radius 2 is 1.73 bits per heavy atom. The number of ether oxygens (including phenoxy) is 4. The van der Waals surface area contributed by atoms with E-state index in [1.54, 1.807) is 0 Å². The number of phosphoric ester groups is 1. The van der Waals surface area contributed by atoms with Crippen LogP contribution in [0.2, 0.25) is 0 Å². The minimum absolute atomic E-state index is 0.0651. The van der Waals surface area contributed by atoms with E-state index in [4.69, 9.17) is 33.7 Å². The summed E-state index contributed by atoms with van der Waals surface area (Å²) >= 11 is 0. The van der Waals surface area contributed by atoms with E-state index in [0.717, 1.165) is 27.1 Å². The summed E-state index contributed by atoms with van der Waals surface area (Å²) < 4.78 is 44.0. The lowest BCUT2D eigenvalue weighted by Gasteiger charge is -2.29. The molecule has 3 rings (SSSR count). The maximum absolute atomic E-state index is 12.6. The van der Waals surface area contributed by atoms with Crippen molar-refractivity contribution in [3.8, 4) is 0 Å². The van der Waals surface area contributed by atoms with Crippen LogP contribution < -0.4 is 5.73 Å². The van der Waals surface area contributed by atoms with Gasteiger partial charge in [0.05, 0.1) is 19.5 Å². The van der Waals surface area contributed by atoms with Crippen LogP contribution in [0.15, 0.2) is 12.7 Å². The second-order valence-corrected chi connectivity index (χ2v) is 10.1. The molecule has 2 aromatic rings. The first-order chi connectivity index (χ1) is 19.2. The van der Waals surface area contributed by atoms with Gasteiger partial charge in [-0.1, -0.05) is 0 Å². The number of aromatic nitrogens is 4. The molecule has 1 aliphatic heterocycles. The highest BCUT2D eigenvalue weighted by Crippen LogP contribution is 2.45. The van der Waals surface area contributed by atoms with E-state index in [2.05, 4.69) is 15.0 Å². The largest absolute Gasteiger partial charge is 0.472 e. The van der Waals surface area contributed by atoms with Crippen LogP contribution in [-0.2, 0) is 51.7 Å². The van der Waals surface area contributed by atoms with Crippen LogP contribution >= 0.6 is 7.82 Å². The molecule has 0 aliphatic carbocycles. The van der Waals surface area contributed by atoms with Gasteiger partial charge >= 0.3 is 25.7 Å². The minimum Gasteiger partial charge on any atom is -0.456 e. The summed E-state index contributed by atoms with van der Waals surface area (Å²) in [5, 5.41) is 21.0. The van der Waals surface area contributed by atoms with Gasteiger partial charge in [0.25, 0.3) is 0 Å². The molecule has 0 aromatic carbocycles. The third-order valence-corrected chi connectivity index (χ3v) is 6.50. The quantitative estimate of drug-likeness (QED) is 0.0844. The van der Waals surface area contributed by atoms with Gasteiger partial charge in [0.2, 0.25) is 0 Å². The molecule has 1 fully saturated rings. The van der Waals surface area contributed by atoms with Crippen molar-refractivity contribution in [2.24, 2.45) is 0 Å². The molecule has 41 heavy (non-hydrogen) atoms. The number of esters is 3. The van der Waals surface area contributed by atoms with Crippen LogP contribution in [-0.4, -0.2) is 109 Å². The number of imidazole rings is 1. The van der Waals surface area contributed by atoms with Crippen LogP contribution in [0.5, 0.6) is 0 Å². The van der Waals surface area contributed by atoms with Gasteiger partial charge in [-0.3, -0.25) is 32.8 Å². The average molecular weight is 605 g/mol. The summed E-state index contributed by atoms with van der Waals surface area (Å²) in [6, 6.07) is 0. The lowest BCUT2D eigenvalue weighted by molar-refractivity contribution is -0.185. The monoisotopic (exact) mass is 605 g/mol. The Morgan fingerprint density at radius 3 is 2.34 bits per heavy atom. The molecule has 226 valence electrons. The number of phosphoric acid groups is 1. The fraction of sp³-hybridized carbons (Fsp3) is 0.571. The summed E-state index contributed by atoms with van der Waals surface area (Å²) in [7, 11) is -5.01. The Balaban J connectivity index is 1.68. The lowest BCUT2D eigenvalue weighted by Crippen LogP contribution is -2.47. The van der Waals surface area contributed by atoms with Gasteiger partial charge in [-0.2, -0.15) is 0 Å². The number of fused-ring (bicyclic) bond motifs is 1. The number of aliphatic hydroxyl groups excluding tert-OH is 2. The number of aldehydes is 1. The topological polar surface area (TPSA) is 271 Å². The third-order valence-electron chi connectivity index (χ3n) is 5.55. The van der Waals surface area contributed by atoms with Crippen LogP contribution in [0.3, 0.4) is 0 Å². The molecule has 1 unspecified atom stereocenters. The number of anilines is 1. The molecule has 19 nitrogen and oxygen atoms in total. The van der Waals surface area contributed by atoms with Gasteiger partial charge in [-0.25, -0.2) is 19.5 Å². The normalized spacial score (nSPS) is 24.1. The number of hydrogen-bond donors (Lipinski definition) is 4. The average Bonchev–Trinajstić information content (AvgIpc) is 3.44. The highest BCUT2D eigenvalue weighted by molar-refractivity contribution is 7.47. The van der Waals surface area contributed by atoms with E-state index in [1.807, 2.05) is 0 Å². The molecule has 1 saturated heterocycles. The smallest absolute Gasteiger partial charge is 0.456 e. The number of carbonyl (C=O) groups is 4. The first kappa shape index (κ1) is 31.9. The van der Waals surface area contributed by atoms with Crippen molar-refractivity contribution < 1.29 is 66.8 Å². The highest BCUT2D eigenvalue weighted by atomic mass is 31.2. The van der Waals surface area contributed by atoms with Crippen LogP contribution in [0.25, 0.3) is 11.2 Å². The van der Waals surface area contributed by atoms with Crippen molar-refractivity contribution in [2.75, 3.05) is 18.9 Å². The van der Waals surface area contributed by atoms with Crippen molar-refractivity contribution in [2.45, 2.75) is 63.6 Å². The lowest BCUT2D eigenvalue weighted by atomic mass is 10.1. The number of carbonyl (C=O) groups excluding carboxylic acids is 4. The molecule has 0 amide bonds. The Hall–Kier alpha value is -3.58. The second-order valence-electron chi connectivity index (χ2n) is 8.62. The Morgan fingerprint density at radius 1 is 1.07 bits per heavy atom. The fourth-order valence-electron chi connectivity index (χ4n) is 3.84. The van der Waals surface area contributed by atoms with Gasteiger partial charge < -0.3 is 39.8 Å². The van der Waals surface area contributed by atoms with Crippen molar-refractivity contribution in [3.05, 3.63) is 12.7 Å². The van der Waals surface area contributed by atoms with Crippen molar-refractivity contribution >= 4 is 49.0 Å². The maximum atomic E-state index is 12.6. The zero-order valence-electron chi connectivity index (χ0n) is 21.8. The maximum Gasteiger partial charge on any atom is 0.472 e. The molecule has 1 aliphatic rings. The van der Waals surface area contributed by atoms with Crippen LogP contribution in [0.4, 0.5) is 5.82 Å². The van der Waals surface area contributed by atoms with Gasteiger partial charge in [-0.15, -0.1) is 0 Å². The Kier molecular flexibility index (Phi) is 10.4. The van der Waals surface area contributed by atoms with Crippen LogP contribution in [0, 0.1) is 0 Å². The van der Waals surface area contributed by atoms with E-state index < -0.39 is 81.8 Å². The summed E-state index contributed by atoms with van der Waals surface area (Å²) in [4.78, 5) is 68.2. The molecular weight excluding hydrogens is 577 g/mol. The van der Waals surface area contributed by atoms with E-state index in [9.17, 15) is 38.8 Å². The molecule has 20 heteroatoms. The molecule has 0 spiro atoms. The third kappa shape index (κ3) is 8.00. The number of nitrogens with two attached hydrogens (primary N) is 1. The first-order valence-electron chi connectivity index (χ1n) is 11.8. The first-order valence-corrected chi connectivity index (χ1v) is 13.3. The number of hydrogen-bond acceptors (Lipinski definition) is 17. The van der Waals surface area contributed by atoms with Gasteiger partial charge in [0.15, 0.2) is 42.3 Å². The van der Waals surface area contributed by atoms with E-state index in [1.165, 1.54) is 10.9 Å².